The number of rotatable bonds is 11. The van der Waals surface area contributed by atoms with Gasteiger partial charge in [0.05, 0.1) is 13.2 Å². The lowest BCUT2D eigenvalue weighted by atomic mass is 10.1. The van der Waals surface area contributed by atoms with Crippen molar-refractivity contribution < 1.29 is 9.53 Å². The van der Waals surface area contributed by atoms with E-state index >= 15 is 0 Å². The summed E-state index contributed by atoms with van der Waals surface area (Å²) in [5, 5.41) is 9.23. The fraction of sp³-hybridized carbons (Fsp3) is 0.875. The molecule has 0 aromatic rings. The number of hydrogen-bond donors (Lipinski definition) is 3. The molecule has 0 spiro atoms. The Labute approximate surface area is 158 Å². The van der Waals surface area contributed by atoms with E-state index in [1.165, 1.54) is 0 Å². The zero-order chi connectivity index (χ0) is 16.8. The smallest absolute Gasteiger partial charge is 0.222 e. The number of halogens is 1. The molecule has 6 nitrogen and oxygen atoms in total. The predicted molar refractivity (Wildman–Crippen MR) is 108 cm³/mol. The molecule has 7 heteroatoms. The fourth-order valence-corrected chi connectivity index (χ4v) is 1.56. The van der Waals surface area contributed by atoms with Crippen LogP contribution in [0.15, 0.2) is 4.99 Å². The van der Waals surface area contributed by atoms with Crippen molar-refractivity contribution in [1.82, 2.24) is 16.0 Å². The van der Waals surface area contributed by atoms with Crippen molar-refractivity contribution in [3.8, 4) is 0 Å². The van der Waals surface area contributed by atoms with Gasteiger partial charge in [-0.25, -0.2) is 0 Å². The van der Waals surface area contributed by atoms with Crippen LogP contribution >= 0.6 is 24.0 Å². The van der Waals surface area contributed by atoms with Gasteiger partial charge in [-0.2, -0.15) is 0 Å². The second-order valence-corrected chi connectivity index (χ2v) is 5.93. The Morgan fingerprint density at radius 2 is 1.70 bits per heavy atom. The second kappa shape index (κ2) is 16.3. The van der Waals surface area contributed by atoms with Gasteiger partial charge < -0.3 is 20.7 Å². The quantitative estimate of drug-likeness (QED) is 0.198. The standard InChI is InChI=1S/C16H34N4O2.HI/c1-6-17-16(19-9-8-18-15(21)14(4)5)20-10-12-22-11-7-13(2)3;/h13-14H,6-12H2,1-5H3,(H,18,21)(H2,17,19,20);1H. The summed E-state index contributed by atoms with van der Waals surface area (Å²) in [6.45, 7) is 14.3. The molecule has 0 saturated carbocycles. The molecule has 0 atom stereocenters. The van der Waals surface area contributed by atoms with Crippen LogP contribution in [0, 0.1) is 11.8 Å². The molecule has 3 N–H and O–H groups in total. The fourth-order valence-electron chi connectivity index (χ4n) is 1.56. The third kappa shape index (κ3) is 16.1. The number of guanidine groups is 1. The topological polar surface area (TPSA) is 74.8 Å². The van der Waals surface area contributed by atoms with Gasteiger partial charge in [0.1, 0.15) is 0 Å². The molecule has 0 saturated heterocycles. The van der Waals surface area contributed by atoms with Gasteiger partial charge >= 0.3 is 0 Å². The number of carbonyl (C=O) groups is 1. The maximum Gasteiger partial charge on any atom is 0.222 e. The first-order valence-corrected chi connectivity index (χ1v) is 8.35. The predicted octanol–water partition coefficient (Wildman–Crippen LogP) is 1.99. The van der Waals surface area contributed by atoms with Gasteiger partial charge in [0.15, 0.2) is 5.96 Å². The minimum absolute atomic E-state index is 0. The highest BCUT2D eigenvalue weighted by Gasteiger charge is 2.05. The van der Waals surface area contributed by atoms with E-state index in [-0.39, 0.29) is 35.8 Å². The van der Waals surface area contributed by atoms with Gasteiger partial charge in [0.25, 0.3) is 0 Å². The van der Waals surface area contributed by atoms with E-state index in [0.29, 0.717) is 32.2 Å². The molecule has 0 aliphatic heterocycles. The van der Waals surface area contributed by atoms with Crippen molar-refractivity contribution in [2.45, 2.75) is 41.0 Å². The van der Waals surface area contributed by atoms with E-state index < -0.39 is 0 Å². The maximum atomic E-state index is 11.4. The molecule has 0 aliphatic carbocycles. The van der Waals surface area contributed by atoms with Crippen LogP contribution in [0.4, 0.5) is 0 Å². The molecule has 0 rings (SSSR count). The Balaban J connectivity index is 0. The van der Waals surface area contributed by atoms with Crippen LogP contribution in [-0.4, -0.2) is 51.3 Å². The van der Waals surface area contributed by atoms with Crippen molar-refractivity contribution >= 4 is 35.8 Å². The molecular formula is C16H35IN4O2. The Morgan fingerprint density at radius 3 is 2.26 bits per heavy atom. The first-order valence-electron chi connectivity index (χ1n) is 8.35. The van der Waals surface area contributed by atoms with Crippen molar-refractivity contribution in [3.63, 3.8) is 0 Å². The number of aliphatic imine (C=N–C) groups is 1. The monoisotopic (exact) mass is 442 g/mol. The van der Waals surface area contributed by atoms with Crippen molar-refractivity contribution in [2.75, 3.05) is 39.4 Å². The molecule has 0 fully saturated rings. The lowest BCUT2D eigenvalue weighted by Crippen LogP contribution is -2.42. The first-order chi connectivity index (χ1) is 10.5. The summed E-state index contributed by atoms with van der Waals surface area (Å²) >= 11 is 0. The number of hydrogen-bond acceptors (Lipinski definition) is 3. The molecule has 1 amide bonds. The number of ether oxygens (including phenoxy) is 1. The zero-order valence-corrected chi connectivity index (χ0v) is 17.6. The van der Waals surface area contributed by atoms with E-state index in [9.17, 15) is 4.79 Å². The molecule has 23 heavy (non-hydrogen) atoms. The van der Waals surface area contributed by atoms with Crippen LogP contribution in [0.25, 0.3) is 0 Å². The molecule has 0 heterocycles. The SMILES string of the molecule is CCNC(=NCCOCCC(C)C)NCCNC(=O)C(C)C.I. The van der Waals surface area contributed by atoms with Crippen LogP contribution in [-0.2, 0) is 9.53 Å². The first kappa shape index (κ1) is 24.7. The molecule has 0 radical (unpaired) electrons. The normalized spacial score (nSPS) is 11.3. The average molecular weight is 442 g/mol. The number of carbonyl (C=O) groups excluding carboxylic acids is 1. The highest BCUT2D eigenvalue weighted by atomic mass is 127. The minimum atomic E-state index is 0. The number of amides is 1. The summed E-state index contributed by atoms with van der Waals surface area (Å²) in [5.74, 6) is 1.52. The van der Waals surface area contributed by atoms with Gasteiger partial charge in [-0.15, -0.1) is 24.0 Å². The van der Waals surface area contributed by atoms with Crippen LogP contribution in [0.2, 0.25) is 0 Å². The second-order valence-electron chi connectivity index (χ2n) is 5.93. The number of nitrogens with one attached hydrogen (secondary N) is 3. The lowest BCUT2D eigenvalue weighted by molar-refractivity contribution is -0.123. The van der Waals surface area contributed by atoms with Gasteiger partial charge in [-0.1, -0.05) is 27.7 Å². The lowest BCUT2D eigenvalue weighted by Gasteiger charge is -2.12. The Hall–Kier alpha value is -0.570. The van der Waals surface area contributed by atoms with Crippen molar-refractivity contribution in [2.24, 2.45) is 16.8 Å². The van der Waals surface area contributed by atoms with Crippen LogP contribution in [0.1, 0.15) is 41.0 Å². The summed E-state index contributed by atoms with van der Waals surface area (Å²) in [7, 11) is 0. The average Bonchev–Trinajstić information content (AvgIpc) is 2.46. The summed E-state index contributed by atoms with van der Waals surface area (Å²) in [4.78, 5) is 15.9. The van der Waals surface area contributed by atoms with Gasteiger partial charge in [-0.05, 0) is 19.3 Å². The Bertz CT molecular complexity index is 323. The molecule has 0 bridgehead atoms. The van der Waals surface area contributed by atoms with E-state index in [0.717, 1.165) is 25.5 Å². The van der Waals surface area contributed by atoms with E-state index in [1.54, 1.807) is 0 Å². The largest absolute Gasteiger partial charge is 0.380 e. The third-order valence-electron chi connectivity index (χ3n) is 2.93. The highest BCUT2D eigenvalue weighted by molar-refractivity contribution is 14.0. The molecular weight excluding hydrogens is 407 g/mol. The highest BCUT2D eigenvalue weighted by Crippen LogP contribution is 1.98. The van der Waals surface area contributed by atoms with Crippen LogP contribution in [0.3, 0.4) is 0 Å². The molecule has 0 unspecified atom stereocenters. The molecule has 0 aliphatic rings. The van der Waals surface area contributed by atoms with Gasteiger partial charge in [-0.3, -0.25) is 9.79 Å². The zero-order valence-electron chi connectivity index (χ0n) is 15.3. The van der Waals surface area contributed by atoms with E-state index in [1.807, 2.05) is 20.8 Å². The summed E-state index contributed by atoms with van der Waals surface area (Å²) in [6.07, 6.45) is 1.08. The maximum absolute atomic E-state index is 11.4. The summed E-state index contributed by atoms with van der Waals surface area (Å²) in [6, 6.07) is 0. The molecule has 0 aromatic heterocycles. The Kier molecular flexibility index (Phi) is 17.5. The molecule has 0 aromatic carbocycles. The van der Waals surface area contributed by atoms with Crippen LogP contribution < -0.4 is 16.0 Å². The third-order valence-corrected chi connectivity index (χ3v) is 2.93. The Morgan fingerprint density at radius 1 is 1.04 bits per heavy atom. The van der Waals surface area contributed by atoms with Crippen molar-refractivity contribution in [1.29, 1.82) is 0 Å². The van der Waals surface area contributed by atoms with Gasteiger partial charge in [0, 0.05) is 32.2 Å². The van der Waals surface area contributed by atoms with Crippen molar-refractivity contribution in [3.05, 3.63) is 0 Å². The van der Waals surface area contributed by atoms with Crippen LogP contribution in [0.5, 0.6) is 0 Å². The summed E-state index contributed by atoms with van der Waals surface area (Å²) in [5.41, 5.74) is 0. The minimum Gasteiger partial charge on any atom is -0.380 e. The van der Waals surface area contributed by atoms with E-state index in [2.05, 4.69) is 34.8 Å². The van der Waals surface area contributed by atoms with E-state index in [4.69, 9.17) is 4.74 Å². The summed E-state index contributed by atoms with van der Waals surface area (Å²) < 4.78 is 5.54. The molecule has 138 valence electrons. The van der Waals surface area contributed by atoms with Gasteiger partial charge in [0.2, 0.25) is 5.91 Å². The number of nitrogens with zero attached hydrogens (tertiary/aromatic N) is 1.